The number of aliphatic hydroxyl groups excluding tert-OH is 2. The Morgan fingerprint density at radius 2 is 2.21 bits per heavy atom. The highest BCUT2D eigenvalue weighted by atomic mass is 16.3. The van der Waals surface area contributed by atoms with E-state index in [0.29, 0.717) is 25.7 Å². The van der Waals surface area contributed by atoms with Crippen molar-refractivity contribution in [2.45, 2.75) is 50.9 Å². The fourth-order valence-electron chi connectivity index (χ4n) is 2.50. The molecule has 1 aromatic rings. The van der Waals surface area contributed by atoms with Crippen LogP contribution in [0.3, 0.4) is 0 Å². The summed E-state index contributed by atoms with van der Waals surface area (Å²) in [5.74, 6) is -0.117. The first-order valence-corrected chi connectivity index (χ1v) is 6.85. The minimum atomic E-state index is -0.558. The van der Waals surface area contributed by atoms with Crippen molar-refractivity contribution in [1.29, 1.82) is 0 Å². The molecule has 0 saturated carbocycles. The molecule has 4 heteroatoms. The average Bonchev–Trinajstić information content (AvgIpc) is 2.72. The Kier molecular flexibility index (Phi) is 4.56. The van der Waals surface area contributed by atoms with Crippen LogP contribution in [0, 0.1) is 0 Å². The van der Waals surface area contributed by atoms with Crippen LogP contribution in [0.4, 0.5) is 0 Å². The van der Waals surface area contributed by atoms with Crippen LogP contribution in [-0.2, 0) is 11.2 Å². The molecule has 0 radical (unpaired) electrons. The van der Waals surface area contributed by atoms with Crippen molar-refractivity contribution in [1.82, 2.24) is 5.32 Å². The van der Waals surface area contributed by atoms with E-state index in [1.165, 1.54) is 0 Å². The summed E-state index contributed by atoms with van der Waals surface area (Å²) in [6.45, 7) is 1.89. The van der Waals surface area contributed by atoms with Gasteiger partial charge in [-0.1, -0.05) is 31.2 Å². The van der Waals surface area contributed by atoms with E-state index in [1.807, 2.05) is 31.2 Å². The monoisotopic (exact) mass is 263 g/mol. The third kappa shape index (κ3) is 3.33. The fraction of sp³-hybridized carbons (Fsp3) is 0.533. The summed E-state index contributed by atoms with van der Waals surface area (Å²) >= 11 is 0. The lowest BCUT2D eigenvalue weighted by molar-refractivity contribution is -0.123. The molecule has 2 rings (SSSR count). The van der Waals surface area contributed by atoms with Gasteiger partial charge in [-0.05, 0) is 24.0 Å². The molecule has 0 saturated heterocycles. The van der Waals surface area contributed by atoms with Gasteiger partial charge in [0.05, 0.1) is 18.2 Å². The van der Waals surface area contributed by atoms with E-state index in [1.54, 1.807) is 0 Å². The van der Waals surface area contributed by atoms with Gasteiger partial charge < -0.3 is 15.5 Å². The second-order valence-electron chi connectivity index (χ2n) is 5.12. The Hall–Kier alpha value is -1.39. The molecule has 3 atom stereocenters. The molecule has 1 aliphatic rings. The number of carbonyl (C=O) groups is 1. The number of amides is 1. The SMILES string of the molecule is CCC(O)CCC(=O)NC1c2ccccc2CC1O. The van der Waals surface area contributed by atoms with Gasteiger partial charge in [0.1, 0.15) is 0 Å². The molecule has 4 nitrogen and oxygen atoms in total. The molecular weight excluding hydrogens is 242 g/mol. The van der Waals surface area contributed by atoms with Gasteiger partial charge in [0.25, 0.3) is 0 Å². The van der Waals surface area contributed by atoms with Crippen LogP contribution in [0.15, 0.2) is 24.3 Å². The van der Waals surface area contributed by atoms with Crippen LogP contribution in [0.2, 0.25) is 0 Å². The van der Waals surface area contributed by atoms with E-state index in [0.717, 1.165) is 11.1 Å². The maximum Gasteiger partial charge on any atom is 0.220 e. The van der Waals surface area contributed by atoms with Crippen LogP contribution < -0.4 is 5.32 Å². The maximum absolute atomic E-state index is 11.8. The fourth-order valence-corrected chi connectivity index (χ4v) is 2.50. The Bertz CT molecular complexity index is 447. The molecule has 0 fully saturated rings. The molecule has 0 aliphatic heterocycles. The first-order valence-electron chi connectivity index (χ1n) is 6.85. The van der Waals surface area contributed by atoms with E-state index in [4.69, 9.17) is 0 Å². The lowest BCUT2D eigenvalue weighted by Gasteiger charge is -2.18. The van der Waals surface area contributed by atoms with E-state index >= 15 is 0 Å². The molecule has 3 unspecified atom stereocenters. The van der Waals surface area contributed by atoms with Crippen LogP contribution in [-0.4, -0.2) is 28.3 Å². The van der Waals surface area contributed by atoms with Crippen molar-refractivity contribution in [2.24, 2.45) is 0 Å². The zero-order chi connectivity index (χ0) is 13.8. The molecule has 104 valence electrons. The molecule has 19 heavy (non-hydrogen) atoms. The molecule has 0 aromatic heterocycles. The van der Waals surface area contributed by atoms with Gasteiger partial charge in [-0.2, -0.15) is 0 Å². The van der Waals surface area contributed by atoms with Gasteiger partial charge >= 0.3 is 0 Å². The number of rotatable bonds is 5. The molecule has 1 aromatic carbocycles. The molecule has 0 spiro atoms. The number of hydrogen-bond acceptors (Lipinski definition) is 3. The topological polar surface area (TPSA) is 69.6 Å². The molecule has 0 bridgehead atoms. The number of benzene rings is 1. The zero-order valence-electron chi connectivity index (χ0n) is 11.2. The summed E-state index contributed by atoms with van der Waals surface area (Å²) < 4.78 is 0. The summed E-state index contributed by atoms with van der Waals surface area (Å²) in [5.41, 5.74) is 2.09. The van der Waals surface area contributed by atoms with Crippen molar-refractivity contribution in [3.63, 3.8) is 0 Å². The quantitative estimate of drug-likeness (QED) is 0.750. The van der Waals surface area contributed by atoms with Crippen LogP contribution >= 0.6 is 0 Å². The smallest absolute Gasteiger partial charge is 0.220 e. The summed E-state index contributed by atoms with van der Waals surface area (Å²) in [6.07, 6.45) is 1.01. The third-order valence-electron chi connectivity index (χ3n) is 3.70. The lowest BCUT2D eigenvalue weighted by atomic mass is 10.1. The molecule has 1 aliphatic carbocycles. The minimum absolute atomic E-state index is 0.117. The minimum Gasteiger partial charge on any atom is -0.393 e. The largest absolute Gasteiger partial charge is 0.393 e. The zero-order valence-corrected chi connectivity index (χ0v) is 11.2. The third-order valence-corrected chi connectivity index (χ3v) is 3.70. The highest BCUT2D eigenvalue weighted by Crippen LogP contribution is 2.31. The van der Waals surface area contributed by atoms with Gasteiger partial charge in [0.15, 0.2) is 0 Å². The number of carbonyl (C=O) groups excluding carboxylic acids is 1. The van der Waals surface area contributed by atoms with Crippen LogP contribution in [0.25, 0.3) is 0 Å². The van der Waals surface area contributed by atoms with Crippen molar-refractivity contribution >= 4 is 5.91 Å². The van der Waals surface area contributed by atoms with Gasteiger partial charge in [-0.25, -0.2) is 0 Å². The Balaban J connectivity index is 1.94. The van der Waals surface area contributed by atoms with E-state index in [2.05, 4.69) is 5.32 Å². The Morgan fingerprint density at radius 1 is 1.47 bits per heavy atom. The summed E-state index contributed by atoms with van der Waals surface area (Å²) in [5, 5.41) is 22.3. The molecular formula is C15H21NO3. The Labute approximate surface area is 113 Å². The van der Waals surface area contributed by atoms with Gasteiger partial charge in [-0.3, -0.25) is 4.79 Å². The van der Waals surface area contributed by atoms with Crippen LogP contribution in [0.5, 0.6) is 0 Å². The summed E-state index contributed by atoms with van der Waals surface area (Å²) in [4.78, 5) is 11.8. The first-order chi connectivity index (χ1) is 9.11. The summed E-state index contributed by atoms with van der Waals surface area (Å²) in [6, 6.07) is 7.45. The summed E-state index contributed by atoms with van der Waals surface area (Å²) in [7, 11) is 0. The van der Waals surface area contributed by atoms with Gasteiger partial charge in [-0.15, -0.1) is 0 Å². The first kappa shape index (κ1) is 14.0. The highest BCUT2D eigenvalue weighted by molar-refractivity contribution is 5.76. The molecule has 3 N–H and O–H groups in total. The van der Waals surface area contributed by atoms with Crippen molar-refractivity contribution in [3.05, 3.63) is 35.4 Å². The number of hydrogen-bond donors (Lipinski definition) is 3. The predicted octanol–water partition coefficient (Wildman–Crippen LogP) is 1.31. The standard InChI is InChI=1S/C15H21NO3/c1-2-11(17)7-8-14(19)16-15-12-6-4-3-5-10(12)9-13(15)18/h3-6,11,13,15,17-18H,2,7-9H2,1H3,(H,16,19). The molecule has 0 heterocycles. The lowest BCUT2D eigenvalue weighted by Crippen LogP contribution is -2.34. The van der Waals surface area contributed by atoms with Crippen molar-refractivity contribution in [3.8, 4) is 0 Å². The van der Waals surface area contributed by atoms with Crippen molar-refractivity contribution in [2.75, 3.05) is 0 Å². The van der Waals surface area contributed by atoms with Gasteiger partial charge in [0, 0.05) is 12.8 Å². The average molecular weight is 263 g/mol. The van der Waals surface area contributed by atoms with Crippen molar-refractivity contribution < 1.29 is 15.0 Å². The van der Waals surface area contributed by atoms with E-state index < -0.39 is 12.2 Å². The number of aliphatic hydroxyl groups is 2. The van der Waals surface area contributed by atoms with E-state index in [-0.39, 0.29) is 11.9 Å². The van der Waals surface area contributed by atoms with E-state index in [9.17, 15) is 15.0 Å². The van der Waals surface area contributed by atoms with Gasteiger partial charge in [0.2, 0.25) is 5.91 Å². The number of fused-ring (bicyclic) bond motifs is 1. The Morgan fingerprint density at radius 3 is 2.95 bits per heavy atom. The number of nitrogens with one attached hydrogen (secondary N) is 1. The normalized spacial score (nSPS) is 22.9. The molecule has 1 amide bonds. The second-order valence-corrected chi connectivity index (χ2v) is 5.12. The van der Waals surface area contributed by atoms with Crippen LogP contribution in [0.1, 0.15) is 43.4 Å². The maximum atomic E-state index is 11.8. The second kappa shape index (κ2) is 6.17. The highest BCUT2D eigenvalue weighted by Gasteiger charge is 2.31. The predicted molar refractivity (Wildman–Crippen MR) is 72.6 cm³/mol.